The van der Waals surface area contributed by atoms with Gasteiger partial charge in [0.05, 0.1) is 36.5 Å². The number of amides is 1. The lowest BCUT2D eigenvalue weighted by atomic mass is 10.1. The molecule has 0 spiro atoms. The predicted octanol–water partition coefficient (Wildman–Crippen LogP) is 2.32. The van der Waals surface area contributed by atoms with Crippen molar-refractivity contribution in [2.24, 2.45) is 0 Å². The molecule has 2 aromatic carbocycles. The van der Waals surface area contributed by atoms with Gasteiger partial charge in [0.1, 0.15) is 17.4 Å². The molecule has 9 heteroatoms. The van der Waals surface area contributed by atoms with Crippen LogP contribution in [0.5, 0.6) is 0 Å². The SMILES string of the molecule is Cc1cccc(Cn2cnc3c(cnn3CCNC(=O)c3cnc4ccccc4n3)c2=O)c1. The number of nitrogens with one attached hydrogen (secondary N) is 1. The number of fused-ring (bicyclic) bond motifs is 2. The number of benzene rings is 2. The summed E-state index contributed by atoms with van der Waals surface area (Å²) in [7, 11) is 0. The number of aryl methyl sites for hydroxylation is 1. The number of para-hydroxylation sites is 2. The van der Waals surface area contributed by atoms with Crippen LogP contribution in [0.4, 0.5) is 0 Å². The molecule has 3 heterocycles. The fourth-order valence-electron chi connectivity index (χ4n) is 3.71. The summed E-state index contributed by atoms with van der Waals surface area (Å²) in [4.78, 5) is 38.4. The Labute approximate surface area is 188 Å². The van der Waals surface area contributed by atoms with E-state index < -0.39 is 0 Å². The minimum Gasteiger partial charge on any atom is -0.349 e. The Bertz CT molecular complexity index is 1540. The van der Waals surface area contributed by atoms with Crippen LogP contribution in [0.3, 0.4) is 0 Å². The average molecular weight is 439 g/mol. The highest BCUT2D eigenvalue weighted by Crippen LogP contribution is 2.10. The number of aromatic nitrogens is 6. The predicted molar refractivity (Wildman–Crippen MR) is 124 cm³/mol. The summed E-state index contributed by atoms with van der Waals surface area (Å²) < 4.78 is 3.18. The Kier molecular flexibility index (Phi) is 5.35. The van der Waals surface area contributed by atoms with E-state index in [4.69, 9.17) is 0 Å². The fraction of sp³-hybridized carbons (Fsp3) is 0.167. The smallest absolute Gasteiger partial charge is 0.271 e. The second kappa shape index (κ2) is 8.62. The molecule has 0 unspecified atom stereocenters. The summed E-state index contributed by atoms with van der Waals surface area (Å²) in [6.45, 7) is 3.13. The zero-order valence-electron chi connectivity index (χ0n) is 18.0. The Morgan fingerprint density at radius 2 is 1.88 bits per heavy atom. The van der Waals surface area contributed by atoms with Crippen LogP contribution in [0.25, 0.3) is 22.1 Å². The Morgan fingerprint density at radius 3 is 2.73 bits per heavy atom. The highest BCUT2D eigenvalue weighted by Gasteiger charge is 2.12. The normalized spacial score (nSPS) is 11.2. The van der Waals surface area contributed by atoms with Crippen molar-refractivity contribution in [1.82, 2.24) is 34.6 Å². The van der Waals surface area contributed by atoms with E-state index >= 15 is 0 Å². The second-order valence-electron chi connectivity index (χ2n) is 7.77. The third-order valence-electron chi connectivity index (χ3n) is 5.35. The molecule has 9 nitrogen and oxygen atoms in total. The Hall–Kier alpha value is -4.40. The summed E-state index contributed by atoms with van der Waals surface area (Å²) in [6.07, 6.45) is 4.52. The topological polar surface area (TPSA) is 108 Å². The first-order valence-electron chi connectivity index (χ1n) is 10.5. The third-order valence-corrected chi connectivity index (χ3v) is 5.35. The largest absolute Gasteiger partial charge is 0.349 e. The van der Waals surface area contributed by atoms with E-state index in [0.29, 0.717) is 36.2 Å². The number of nitrogens with zero attached hydrogens (tertiary/aromatic N) is 6. The first kappa shape index (κ1) is 20.5. The van der Waals surface area contributed by atoms with Crippen LogP contribution in [0.2, 0.25) is 0 Å². The highest BCUT2D eigenvalue weighted by molar-refractivity contribution is 5.93. The van der Waals surface area contributed by atoms with Crippen molar-refractivity contribution in [2.75, 3.05) is 6.54 Å². The third kappa shape index (κ3) is 4.20. The van der Waals surface area contributed by atoms with Crippen LogP contribution in [-0.4, -0.2) is 41.8 Å². The number of rotatable bonds is 6. The van der Waals surface area contributed by atoms with E-state index in [1.807, 2.05) is 55.5 Å². The van der Waals surface area contributed by atoms with Gasteiger partial charge in [0.2, 0.25) is 0 Å². The van der Waals surface area contributed by atoms with Crippen molar-refractivity contribution >= 4 is 28.0 Å². The zero-order chi connectivity index (χ0) is 22.8. The fourth-order valence-corrected chi connectivity index (χ4v) is 3.71. The van der Waals surface area contributed by atoms with E-state index in [0.717, 1.165) is 16.6 Å². The van der Waals surface area contributed by atoms with Crippen molar-refractivity contribution < 1.29 is 4.79 Å². The lowest BCUT2D eigenvalue weighted by Crippen LogP contribution is -2.28. The molecule has 5 aromatic rings. The van der Waals surface area contributed by atoms with Crippen LogP contribution in [0.1, 0.15) is 21.6 Å². The van der Waals surface area contributed by atoms with E-state index in [-0.39, 0.29) is 17.2 Å². The molecule has 0 fully saturated rings. The molecule has 0 aliphatic carbocycles. The van der Waals surface area contributed by atoms with Gasteiger partial charge < -0.3 is 5.32 Å². The van der Waals surface area contributed by atoms with Gasteiger partial charge in [-0.05, 0) is 24.6 Å². The van der Waals surface area contributed by atoms with E-state index in [2.05, 4.69) is 25.4 Å². The number of carbonyl (C=O) groups excluding carboxylic acids is 1. The number of hydrogen-bond donors (Lipinski definition) is 1. The van der Waals surface area contributed by atoms with Crippen LogP contribution in [-0.2, 0) is 13.1 Å². The van der Waals surface area contributed by atoms with Crippen molar-refractivity contribution in [2.45, 2.75) is 20.0 Å². The van der Waals surface area contributed by atoms with Gasteiger partial charge >= 0.3 is 0 Å². The molecule has 164 valence electrons. The molecule has 0 saturated carbocycles. The van der Waals surface area contributed by atoms with E-state index in [1.54, 1.807) is 9.25 Å². The first-order chi connectivity index (χ1) is 16.1. The number of carbonyl (C=O) groups is 1. The van der Waals surface area contributed by atoms with Crippen molar-refractivity contribution in [3.63, 3.8) is 0 Å². The molecular weight excluding hydrogens is 418 g/mol. The highest BCUT2D eigenvalue weighted by atomic mass is 16.2. The summed E-state index contributed by atoms with van der Waals surface area (Å²) in [5, 5.41) is 7.55. The van der Waals surface area contributed by atoms with Gasteiger partial charge in [0, 0.05) is 6.54 Å². The summed E-state index contributed by atoms with van der Waals surface area (Å²) in [5.74, 6) is -0.321. The monoisotopic (exact) mass is 439 g/mol. The molecule has 33 heavy (non-hydrogen) atoms. The first-order valence-corrected chi connectivity index (χ1v) is 10.5. The molecule has 0 aliphatic heterocycles. The van der Waals surface area contributed by atoms with Gasteiger partial charge in [-0.2, -0.15) is 5.10 Å². The molecule has 3 aromatic heterocycles. The second-order valence-corrected chi connectivity index (χ2v) is 7.77. The standard InChI is InChI=1S/C24H21N7O2/c1-16-5-4-6-17(11-16)14-30-15-27-22-18(24(30)33)12-28-31(22)10-9-25-23(32)21-13-26-19-7-2-3-8-20(19)29-21/h2-8,11-13,15H,9-10,14H2,1H3,(H,25,32). The lowest BCUT2D eigenvalue weighted by Gasteiger charge is -2.08. The van der Waals surface area contributed by atoms with Gasteiger partial charge in [-0.15, -0.1) is 0 Å². The van der Waals surface area contributed by atoms with Crippen LogP contribution in [0.15, 0.2) is 72.0 Å². The minimum absolute atomic E-state index is 0.150. The molecule has 0 atom stereocenters. The van der Waals surface area contributed by atoms with Crippen LogP contribution < -0.4 is 10.9 Å². The maximum Gasteiger partial charge on any atom is 0.271 e. The van der Waals surface area contributed by atoms with Gasteiger partial charge in [-0.25, -0.2) is 14.6 Å². The maximum atomic E-state index is 12.9. The van der Waals surface area contributed by atoms with Gasteiger partial charge in [0.25, 0.3) is 11.5 Å². The Balaban J connectivity index is 1.27. The van der Waals surface area contributed by atoms with Gasteiger partial charge in [-0.1, -0.05) is 42.0 Å². The molecule has 1 N–H and O–H groups in total. The molecule has 0 saturated heterocycles. The molecule has 0 bridgehead atoms. The molecule has 0 radical (unpaired) electrons. The molecule has 1 amide bonds. The lowest BCUT2D eigenvalue weighted by molar-refractivity contribution is 0.0947. The van der Waals surface area contributed by atoms with Crippen LogP contribution >= 0.6 is 0 Å². The number of hydrogen-bond acceptors (Lipinski definition) is 6. The van der Waals surface area contributed by atoms with E-state index in [1.165, 1.54) is 18.7 Å². The quantitative estimate of drug-likeness (QED) is 0.435. The maximum absolute atomic E-state index is 12.9. The van der Waals surface area contributed by atoms with Crippen molar-refractivity contribution in [3.05, 3.63) is 94.4 Å². The van der Waals surface area contributed by atoms with E-state index in [9.17, 15) is 9.59 Å². The van der Waals surface area contributed by atoms with Gasteiger partial charge in [0.15, 0.2) is 5.65 Å². The zero-order valence-corrected chi connectivity index (χ0v) is 18.0. The van der Waals surface area contributed by atoms with Crippen molar-refractivity contribution in [1.29, 1.82) is 0 Å². The van der Waals surface area contributed by atoms with Crippen LogP contribution in [0, 0.1) is 6.92 Å². The minimum atomic E-state index is -0.321. The molecular formula is C24H21N7O2. The summed E-state index contributed by atoms with van der Waals surface area (Å²) >= 11 is 0. The van der Waals surface area contributed by atoms with Gasteiger partial charge in [-0.3, -0.25) is 19.1 Å². The molecule has 5 rings (SSSR count). The van der Waals surface area contributed by atoms with Crippen molar-refractivity contribution in [3.8, 4) is 0 Å². The Morgan fingerprint density at radius 1 is 1.03 bits per heavy atom. The summed E-state index contributed by atoms with van der Waals surface area (Å²) in [6, 6.07) is 15.4. The molecule has 0 aliphatic rings. The summed E-state index contributed by atoms with van der Waals surface area (Å²) in [5.41, 5.74) is 4.15. The average Bonchev–Trinajstić information content (AvgIpc) is 3.24.